The Bertz CT molecular complexity index is 477. The average molecular weight is 294 g/mol. The van der Waals surface area contributed by atoms with Gasteiger partial charge in [0.1, 0.15) is 5.60 Å². The molecule has 0 aliphatic carbocycles. The van der Waals surface area contributed by atoms with Crippen LogP contribution in [0.25, 0.3) is 0 Å². The van der Waals surface area contributed by atoms with Crippen LogP contribution in [-0.4, -0.2) is 42.8 Å². The maximum Gasteiger partial charge on any atom is 0.410 e. The van der Waals surface area contributed by atoms with E-state index < -0.39 is 5.60 Å². The van der Waals surface area contributed by atoms with Crippen LogP contribution in [0.1, 0.15) is 20.8 Å². The molecule has 1 aromatic rings. The number of benzene rings is 1. The van der Waals surface area contributed by atoms with Gasteiger partial charge in [-0.15, -0.1) is 9.24 Å². The Balaban J connectivity index is 1.93. The summed E-state index contributed by atoms with van der Waals surface area (Å²) >= 11 is 0. The molecular formula is C15H23N2O2P. The fourth-order valence-electron chi connectivity index (χ4n) is 2.23. The summed E-state index contributed by atoms with van der Waals surface area (Å²) in [5, 5.41) is 1.19. The Kier molecular flexibility index (Phi) is 4.54. The molecule has 1 aliphatic heterocycles. The molecule has 1 aromatic carbocycles. The standard InChI is InChI=1S/C15H23N2O2P/c1-15(2,3)19-14(18)17-10-8-16(9-11-17)12-6-4-5-7-13(12)20/h4-7H,8-11,20H2,1-3H3. The van der Waals surface area contributed by atoms with Gasteiger partial charge in [0.05, 0.1) is 0 Å². The summed E-state index contributed by atoms with van der Waals surface area (Å²) in [6, 6.07) is 8.28. The summed E-state index contributed by atoms with van der Waals surface area (Å²) in [4.78, 5) is 16.1. The van der Waals surface area contributed by atoms with Gasteiger partial charge in [0.15, 0.2) is 0 Å². The largest absolute Gasteiger partial charge is 0.444 e. The molecule has 1 unspecified atom stereocenters. The highest BCUT2D eigenvalue weighted by Gasteiger charge is 2.26. The van der Waals surface area contributed by atoms with Gasteiger partial charge < -0.3 is 14.5 Å². The lowest BCUT2D eigenvalue weighted by Crippen LogP contribution is -2.50. The fourth-order valence-corrected chi connectivity index (χ4v) is 2.62. The molecule has 0 bridgehead atoms. The Morgan fingerprint density at radius 1 is 1.15 bits per heavy atom. The number of amides is 1. The zero-order chi connectivity index (χ0) is 14.8. The van der Waals surface area contributed by atoms with E-state index in [-0.39, 0.29) is 6.09 Å². The second-order valence-corrected chi connectivity index (χ2v) is 6.64. The predicted molar refractivity (Wildman–Crippen MR) is 85.8 cm³/mol. The second kappa shape index (κ2) is 6.01. The number of piperazine rings is 1. The number of carbonyl (C=O) groups is 1. The van der Waals surface area contributed by atoms with Crippen LogP contribution in [0.2, 0.25) is 0 Å². The SMILES string of the molecule is CC(C)(C)OC(=O)N1CCN(c2ccccc2P)CC1. The van der Waals surface area contributed by atoms with Crippen molar-refractivity contribution >= 4 is 26.3 Å². The van der Waals surface area contributed by atoms with Crippen molar-refractivity contribution in [2.75, 3.05) is 31.1 Å². The van der Waals surface area contributed by atoms with Crippen molar-refractivity contribution in [2.24, 2.45) is 0 Å². The lowest BCUT2D eigenvalue weighted by atomic mass is 10.2. The first kappa shape index (κ1) is 15.1. The van der Waals surface area contributed by atoms with Gasteiger partial charge in [0.2, 0.25) is 0 Å². The number of hydrogen-bond donors (Lipinski definition) is 0. The van der Waals surface area contributed by atoms with Crippen LogP contribution in [0.15, 0.2) is 24.3 Å². The van der Waals surface area contributed by atoms with Crippen LogP contribution in [-0.2, 0) is 4.74 Å². The van der Waals surface area contributed by atoms with Crippen LogP contribution < -0.4 is 10.2 Å². The van der Waals surface area contributed by atoms with Crippen LogP contribution in [0.3, 0.4) is 0 Å². The summed E-state index contributed by atoms with van der Waals surface area (Å²) in [5.74, 6) is 0. The first-order chi connectivity index (χ1) is 9.37. The molecule has 5 heteroatoms. The molecule has 110 valence electrons. The van der Waals surface area contributed by atoms with Crippen LogP contribution in [0.5, 0.6) is 0 Å². The summed E-state index contributed by atoms with van der Waals surface area (Å²) in [6.45, 7) is 8.76. The van der Waals surface area contributed by atoms with Crippen LogP contribution in [0.4, 0.5) is 10.5 Å². The van der Waals surface area contributed by atoms with Gasteiger partial charge in [-0.2, -0.15) is 0 Å². The van der Waals surface area contributed by atoms with Crippen LogP contribution >= 0.6 is 9.24 Å². The van der Waals surface area contributed by atoms with Gasteiger partial charge in [-0.05, 0) is 32.1 Å². The molecule has 1 atom stereocenters. The van der Waals surface area contributed by atoms with E-state index >= 15 is 0 Å². The summed E-state index contributed by atoms with van der Waals surface area (Å²) < 4.78 is 5.41. The van der Waals surface area contributed by atoms with Gasteiger partial charge >= 0.3 is 6.09 Å². The van der Waals surface area contributed by atoms with Crippen molar-refractivity contribution in [3.63, 3.8) is 0 Å². The predicted octanol–water partition coefficient (Wildman–Crippen LogP) is 2.24. The Hall–Kier alpha value is -1.28. The highest BCUT2D eigenvalue weighted by Crippen LogP contribution is 2.17. The first-order valence-corrected chi connectivity index (χ1v) is 7.52. The van der Waals surface area contributed by atoms with E-state index in [0.717, 1.165) is 13.1 Å². The smallest absolute Gasteiger partial charge is 0.410 e. The first-order valence-electron chi connectivity index (χ1n) is 6.94. The highest BCUT2D eigenvalue weighted by molar-refractivity contribution is 7.28. The third-order valence-corrected chi connectivity index (χ3v) is 3.70. The molecule has 1 fully saturated rings. The molecule has 1 amide bonds. The van der Waals surface area contributed by atoms with E-state index in [1.54, 1.807) is 4.90 Å². The minimum Gasteiger partial charge on any atom is -0.444 e. The molecule has 1 aliphatic rings. The van der Waals surface area contributed by atoms with E-state index in [4.69, 9.17) is 4.74 Å². The van der Waals surface area contributed by atoms with Crippen molar-refractivity contribution in [3.8, 4) is 0 Å². The minimum atomic E-state index is -0.430. The fraction of sp³-hybridized carbons (Fsp3) is 0.533. The zero-order valence-corrected chi connectivity index (χ0v) is 13.6. The van der Waals surface area contributed by atoms with E-state index in [1.807, 2.05) is 32.9 Å². The second-order valence-electron chi connectivity index (χ2n) is 6.01. The maximum atomic E-state index is 12.0. The number of para-hydroxylation sites is 1. The zero-order valence-electron chi connectivity index (χ0n) is 12.4. The van der Waals surface area contributed by atoms with Crippen molar-refractivity contribution in [1.29, 1.82) is 0 Å². The van der Waals surface area contributed by atoms with Crippen LogP contribution in [0, 0.1) is 0 Å². The third kappa shape index (κ3) is 3.86. The van der Waals surface area contributed by atoms with E-state index in [0.29, 0.717) is 13.1 Å². The normalized spacial score (nSPS) is 16.2. The van der Waals surface area contributed by atoms with Crippen molar-refractivity contribution in [2.45, 2.75) is 26.4 Å². The van der Waals surface area contributed by atoms with Gasteiger partial charge in [0, 0.05) is 31.9 Å². The molecule has 4 nitrogen and oxygen atoms in total. The van der Waals surface area contributed by atoms with Gasteiger partial charge in [-0.3, -0.25) is 0 Å². The maximum absolute atomic E-state index is 12.0. The van der Waals surface area contributed by atoms with Gasteiger partial charge in [-0.25, -0.2) is 4.79 Å². The molecule has 2 rings (SSSR count). The Labute approximate surface area is 123 Å². The number of ether oxygens (including phenoxy) is 1. The quantitative estimate of drug-likeness (QED) is 0.745. The number of hydrogen-bond acceptors (Lipinski definition) is 3. The summed E-state index contributed by atoms with van der Waals surface area (Å²) in [6.07, 6.45) is -0.212. The van der Waals surface area contributed by atoms with Gasteiger partial charge in [-0.1, -0.05) is 18.2 Å². The molecule has 20 heavy (non-hydrogen) atoms. The average Bonchev–Trinajstić information content (AvgIpc) is 2.37. The Morgan fingerprint density at radius 2 is 1.75 bits per heavy atom. The van der Waals surface area contributed by atoms with Crippen molar-refractivity contribution in [1.82, 2.24) is 4.90 Å². The van der Waals surface area contributed by atoms with E-state index in [2.05, 4.69) is 26.3 Å². The summed E-state index contributed by atoms with van der Waals surface area (Å²) in [7, 11) is 2.76. The number of nitrogens with zero attached hydrogens (tertiary/aromatic N) is 2. The molecule has 0 saturated carbocycles. The monoisotopic (exact) mass is 294 g/mol. The molecule has 0 spiro atoms. The topological polar surface area (TPSA) is 32.8 Å². The van der Waals surface area contributed by atoms with E-state index in [9.17, 15) is 4.79 Å². The number of anilines is 1. The Morgan fingerprint density at radius 3 is 2.30 bits per heavy atom. The molecule has 1 heterocycles. The number of carbonyl (C=O) groups excluding carboxylic acids is 1. The lowest BCUT2D eigenvalue weighted by Gasteiger charge is -2.37. The van der Waals surface area contributed by atoms with Gasteiger partial charge in [0.25, 0.3) is 0 Å². The molecule has 0 aromatic heterocycles. The van der Waals surface area contributed by atoms with Crippen molar-refractivity contribution < 1.29 is 9.53 Å². The minimum absolute atomic E-state index is 0.212. The highest BCUT2D eigenvalue weighted by atomic mass is 31.0. The lowest BCUT2D eigenvalue weighted by molar-refractivity contribution is 0.0240. The molecule has 0 radical (unpaired) electrons. The van der Waals surface area contributed by atoms with E-state index in [1.165, 1.54) is 11.0 Å². The number of rotatable bonds is 1. The summed E-state index contributed by atoms with van der Waals surface area (Å²) in [5.41, 5.74) is 0.794. The molecule has 0 N–H and O–H groups in total. The third-order valence-electron chi connectivity index (χ3n) is 3.21. The molecule has 1 saturated heterocycles. The van der Waals surface area contributed by atoms with Crippen molar-refractivity contribution in [3.05, 3.63) is 24.3 Å². The molecular weight excluding hydrogens is 271 g/mol.